The van der Waals surface area contributed by atoms with E-state index >= 15 is 0 Å². The van der Waals surface area contributed by atoms with Gasteiger partial charge in [-0.15, -0.1) is 0 Å². The summed E-state index contributed by atoms with van der Waals surface area (Å²) in [4.78, 5) is 136. The number of esters is 6. The zero-order chi connectivity index (χ0) is 71.6. The van der Waals surface area contributed by atoms with Gasteiger partial charge in [-0.05, 0) is 14.0 Å². The van der Waals surface area contributed by atoms with Gasteiger partial charge in [-0.2, -0.15) is 0 Å². The lowest BCUT2D eigenvalue weighted by molar-refractivity contribution is -0.279. The quantitative estimate of drug-likeness (QED) is 0.0206. The second-order valence-corrected chi connectivity index (χ2v) is 21.7. The van der Waals surface area contributed by atoms with E-state index in [9.17, 15) is 52.7 Å². The molecule has 2 aliphatic rings. The number of rotatable bonds is 55. The minimum Gasteiger partial charge on any atom is -0.463 e. The Bertz CT molecular complexity index is 2330. The largest absolute Gasteiger partial charge is 0.463 e. The van der Waals surface area contributed by atoms with E-state index in [1.165, 1.54) is 27.7 Å². The molecule has 0 aromatic carbocycles. The summed E-state index contributed by atoms with van der Waals surface area (Å²) >= 11 is 0. The maximum absolute atomic E-state index is 13.7. The van der Waals surface area contributed by atoms with E-state index in [0.717, 1.165) is 20.8 Å². The van der Waals surface area contributed by atoms with Crippen molar-refractivity contribution in [1.29, 1.82) is 0 Å². The second kappa shape index (κ2) is 52.6. The first kappa shape index (κ1) is 86.7. The molecule has 97 heavy (non-hydrogen) atoms. The fourth-order valence-corrected chi connectivity index (χ4v) is 9.07. The van der Waals surface area contributed by atoms with Crippen molar-refractivity contribution in [2.24, 2.45) is 0 Å². The highest BCUT2D eigenvalue weighted by Gasteiger charge is 2.51. The number of carbonyl (C=O) groups excluding carboxylic acids is 11. The van der Waals surface area contributed by atoms with Gasteiger partial charge in [0, 0.05) is 113 Å². The molecule has 6 N–H and O–H groups in total. The lowest BCUT2D eigenvalue weighted by atomic mass is 9.96. The van der Waals surface area contributed by atoms with Crippen LogP contribution < -0.4 is 31.9 Å². The molecule has 36 nitrogen and oxygen atoms in total. The highest BCUT2D eigenvalue weighted by atomic mass is 16.7. The van der Waals surface area contributed by atoms with Crippen LogP contribution in [0.15, 0.2) is 0 Å². The number of nitrogens with one attached hydrogen (secondary N) is 6. The van der Waals surface area contributed by atoms with Crippen molar-refractivity contribution in [3.05, 3.63) is 0 Å². The van der Waals surface area contributed by atoms with Gasteiger partial charge in [0.25, 0.3) is 0 Å². The first-order chi connectivity index (χ1) is 46.5. The van der Waals surface area contributed by atoms with E-state index in [1.54, 1.807) is 7.05 Å². The average Bonchev–Trinajstić information content (AvgIpc) is 0.796. The normalized spacial score (nSPS) is 20.4. The van der Waals surface area contributed by atoms with E-state index < -0.39 is 127 Å². The first-order valence-corrected chi connectivity index (χ1v) is 32.2. The third-order valence-corrected chi connectivity index (χ3v) is 13.3. The molecular weight excluding hydrogens is 1300 g/mol. The number of carbonyl (C=O) groups is 11. The van der Waals surface area contributed by atoms with Crippen molar-refractivity contribution in [3.63, 3.8) is 0 Å². The van der Waals surface area contributed by atoms with Gasteiger partial charge in [0.15, 0.2) is 30.9 Å². The molecule has 0 aliphatic carbocycles. The zero-order valence-corrected chi connectivity index (χ0v) is 57.4. The van der Waals surface area contributed by atoms with Crippen LogP contribution in [-0.4, -0.2) is 305 Å². The SMILES string of the molecule is CCOCCOCCNC(=O)CCOCC(COCCC(=O)NCCOCCOC1CC(OC(C)=O)C(OC(C)=O)C(COC(C)=O)O1)(COCCC(=O)NCCOCCOC1O[C@H](COC(C)=O)C(OC(C)=O)C(OC(C)=O)[C@@H]1NC(C)=O)NC(=O)CCOCCOCCNC. The number of ether oxygens (including phenoxy) is 19. The Labute approximate surface area is 565 Å². The Morgan fingerprint density at radius 3 is 1.27 bits per heavy atom. The molecule has 2 saturated heterocycles. The van der Waals surface area contributed by atoms with Crippen molar-refractivity contribution in [2.45, 2.75) is 148 Å². The molecule has 2 aliphatic heterocycles. The molecule has 36 heteroatoms. The Morgan fingerprint density at radius 1 is 0.412 bits per heavy atom. The number of hydrogen-bond acceptors (Lipinski definition) is 31. The molecule has 0 saturated carbocycles. The van der Waals surface area contributed by atoms with Crippen LogP contribution in [0.4, 0.5) is 0 Å². The summed E-state index contributed by atoms with van der Waals surface area (Å²) in [5, 5.41) is 16.7. The molecule has 0 aromatic heterocycles. The van der Waals surface area contributed by atoms with Crippen LogP contribution in [-0.2, 0) is 143 Å². The summed E-state index contributed by atoms with van der Waals surface area (Å²) in [6.45, 7) is 11.8. The monoisotopic (exact) mass is 1400 g/mol. The predicted molar refractivity (Wildman–Crippen MR) is 332 cm³/mol. The molecule has 0 radical (unpaired) electrons. The summed E-state index contributed by atoms with van der Waals surface area (Å²) in [5.41, 5.74) is -1.44. The molecule has 2 fully saturated rings. The van der Waals surface area contributed by atoms with E-state index in [2.05, 4.69) is 31.9 Å². The van der Waals surface area contributed by atoms with Gasteiger partial charge in [-0.1, -0.05) is 0 Å². The average molecular weight is 1400 g/mol. The third kappa shape index (κ3) is 42.2. The van der Waals surface area contributed by atoms with Crippen LogP contribution in [0, 0.1) is 0 Å². The molecule has 2 rings (SSSR count). The third-order valence-electron chi connectivity index (χ3n) is 13.3. The smallest absolute Gasteiger partial charge is 0.303 e. The van der Waals surface area contributed by atoms with Gasteiger partial charge in [0.05, 0.1) is 126 Å². The van der Waals surface area contributed by atoms with Gasteiger partial charge >= 0.3 is 35.8 Å². The molecule has 558 valence electrons. The van der Waals surface area contributed by atoms with E-state index in [0.29, 0.717) is 39.6 Å². The van der Waals surface area contributed by atoms with E-state index in [4.69, 9.17) is 90.0 Å². The topological polar surface area (TPSA) is 435 Å². The van der Waals surface area contributed by atoms with Gasteiger partial charge in [-0.3, -0.25) is 52.7 Å². The van der Waals surface area contributed by atoms with Crippen molar-refractivity contribution in [2.75, 3.05) is 179 Å². The fraction of sp³-hybridized carbons (Fsp3) is 0.820. The second-order valence-electron chi connectivity index (χ2n) is 21.7. The summed E-state index contributed by atoms with van der Waals surface area (Å²) in [7, 11) is 1.80. The van der Waals surface area contributed by atoms with Gasteiger partial charge in [0.2, 0.25) is 29.5 Å². The Kier molecular flexibility index (Phi) is 47.1. The lowest BCUT2D eigenvalue weighted by Gasteiger charge is -2.44. The highest BCUT2D eigenvalue weighted by molar-refractivity contribution is 5.78. The first-order valence-electron chi connectivity index (χ1n) is 32.2. The number of amides is 5. The standard InChI is InChI=1S/C61H104N6O30/c1-10-79-27-28-82-24-16-63-51(75)11-20-85-38-61(67-54(78)14-19-80-29-30-81-23-15-62-9,39-86-21-12-52(76)64-17-25-83-31-33-88-55-35-48(92-44(5)71)57(93-45(6)72)49(96-55)36-90-42(3)69)40-87-22-13-53(77)65-18-26-84-32-34-89-60-56(66-41(2)68)59(95-47(8)74)58(94-46(7)73)50(97-60)37-91-43(4)70/h48-50,55-60,62H,10-40H2,1-9H3,(H,63,75)(H,64,76)(H,65,77)(H,66,68)(H,67,78)/t48?,49?,50-,55?,56+,57?,58?,59?,60?,61?/m1/s1. The van der Waals surface area contributed by atoms with E-state index in [1.807, 2.05) is 6.92 Å². The molecule has 5 amide bonds. The van der Waals surface area contributed by atoms with Crippen LogP contribution in [0.5, 0.6) is 0 Å². The van der Waals surface area contributed by atoms with Crippen LogP contribution in [0.1, 0.15) is 87.5 Å². The summed E-state index contributed by atoms with van der Waals surface area (Å²) < 4.78 is 107. The number of likely N-dealkylation sites (N-methyl/N-ethyl adjacent to an activating group) is 1. The molecule has 0 aromatic rings. The minimum absolute atomic E-state index is 0.00210. The minimum atomic E-state index is -1.44. The Morgan fingerprint density at radius 2 is 0.814 bits per heavy atom. The Hall–Kier alpha value is -6.39. The molecule has 0 spiro atoms. The van der Waals surface area contributed by atoms with Crippen LogP contribution in [0.2, 0.25) is 0 Å². The van der Waals surface area contributed by atoms with Gasteiger partial charge < -0.3 is 122 Å². The van der Waals surface area contributed by atoms with Gasteiger partial charge in [-0.25, -0.2) is 0 Å². The summed E-state index contributed by atoms with van der Waals surface area (Å²) in [6, 6.07) is -1.18. The molecule has 2 heterocycles. The van der Waals surface area contributed by atoms with Crippen LogP contribution >= 0.6 is 0 Å². The molecular formula is C61H104N6O30. The Balaban J connectivity index is 2.08. The van der Waals surface area contributed by atoms with Gasteiger partial charge in [0.1, 0.15) is 43.1 Å². The zero-order valence-electron chi connectivity index (χ0n) is 57.4. The van der Waals surface area contributed by atoms with Crippen LogP contribution in [0.3, 0.4) is 0 Å². The predicted octanol–water partition coefficient (Wildman–Crippen LogP) is -2.63. The highest BCUT2D eigenvalue weighted by Crippen LogP contribution is 2.29. The molecule has 0 bridgehead atoms. The maximum Gasteiger partial charge on any atom is 0.303 e. The lowest BCUT2D eigenvalue weighted by Crippen LogP contribution is -2.66. The van der Waals surface area contributed by atoms with Crippen molar-refractivity contribution in [3.8, 4) is 0 Å². The summed E-state index contributed by atoms with van der Waals surface area (Å²) in [6.07, 6.45) is -9.51. The summed E-state index contributed by atoms with van der Waals surface area (Å²) in [5.74, 6) is -6.28. The number of hydrogen-bond donors (Lipinski definition) is 6. The maximum atomic E-state index is 13.7. The van der Waals surface area contributed by atoms with E-state index in [-0.39, 0.29) is 163 Å². The van der Waals surface area contributed by atoms with Crippen molar-refractivity contribution < 1.29 is 143 Å². The molecule has 10 atom stereocenters. The van der Waals surface area contributed by atoms with Crippen molar-refractivity contribution in [1.82, 2.24) is 31.9 Å². The molecule has 8 unspecified atom stereocenters. The van der Waals surface area contributed by atoms with Crippen LogP contribution in [0.25, 0.3) is 0 Å². The van der Waals surface area contributed by atoms with Crippen molar-refractivity contribution >= 4 is 65.4 Å². The fourth-order valence-electron chi connectivity index (χ4n) is 9.07.